The Labute approximate surface area is 147 Å². The summed E-state index contributed by atoms with van der Waals surface area (Å²) >= 11 is 2.20. The molecule has 0 saturated heterocycles. The van der Waals surface area contributed by atoms with Gasteiger partial charge in [-0.1, -0.05) is 0 Å². The Morgan fingerprint density at radius 1 is 1.30 bits per heavy atom. The number of nitrogens with zero attached hydrogens (tertiary/aromatic N) is 1. The Morgan fingerprint density at radius 2 is 2.04 bits per heavy atom. The molecule has 0 bridgehead atoms. The number of aliphatic hydroxyl groups is 1. The predicted molar refractivity (Wildman–Crippen MR) is 92.7 cm³/mol. The molecule has 1 aliphatic heterocycles. The normalized spacial score (nSPS) is 25.3. The van der Waals surface area contributed by atoms with Crippen molar-refractivity contribution in [3.8, 4) is 11.6 Å². The van der Waals surface area contributed by atoms with Gasteiger partial charge in [-0.25, -0.2) is 5.10 Å². The molecule has 7 heteroatoms. The lowest BCUT2D eigenvalue weighted by molar-refractivity contribution is -0.175. The molecule has 0 fully saturated rings. The second-order valence-corrected chi connectivity index (χ2v) is 7.44. The number of H-pyrrole nitrogens is 1. The Bertz CT molecular complexity index is 780. The number of ether oxygens (including phenoxy) is 2. The number of hydrogen-bond acceptors (Lipinski definition) is 5. The Morgan fingerprint density at radius 3 is 2.70 bits per heavy atom. The molecule has 2 unspecified atom stereocenters. The van der Waals surface area contributed by atoms with Crippen LogP contribution in [0.2, 0.25) is 0 Å². The van der Waals surface area contributed by atoms with E-state index in [1.54, 1.807) is 6.92 Å². The van der Waals surface area contributed by atoms with Gasteiger partial charge >= 0.3 is 0 Å². The average molecular weight is 428 g/mol. The maximum Gasteiger partial charge on any atom is 0.264 e. The van der Waals surface area contributed by atoms with Gasteiger partial charge in [-0.05, 0) is 61.6 Å². The van der Waals surface area contributed by atoms with Gasteiger partial charge in [0, 0.05) is 21.3 Å². The molecule has 0 aliphatic carbocycles. The fourth-order valence-corrected chi connectivity index (χ4v) is 3.03. The lowest BCUT2D eigenvalue weighted by Gasteiger charge is -2.48. The molecular weight excluding hydrogens is 411 g/mol. The number of rotatable bonds is 2. The van der Waals surface area contributed by atoms with E-state index in [-0.39, 0.29) is 11.4 Å². The van der Waals surface area contributed by atoms with Crippen LogP contribution in [0.15, 0.2) is 35.1 Å². The van der Waals surface area contributed by atoms with E-state index in [2.05, 4.69) is 32.8 Å². The molecule has 23 heavy (non-hydrogen) atoms. The Balaban J connectivity index is 2.09. The second-order valence-electron chi connectivity index (χ2n) is 6.20. The Hall–Kier alpha value is -1.61. The van der Waals surface area contributed by atoms with Crippen LogP contribution in [-0.2, 0) is 0 Å². The van der Waals surface area contributed by atoms with Gasteiger partial charge in [0.25, 0.3) is 5.56 Å². The summed E-state index contributed by atoms with van der Waals surface area (Å²) in [6.45, 7) is 5.29. The van der Waals surface area contributed by atoms with Crippen LogP contribution in [-0.4, -0.2) is 26.5 Å². The molecule has 0 amide bonds. The van der Waals surface area contributed by atoms with Crippen molar-refractivity contribution in [2.45, 2.75) is 38.1 Å². The van der Waals surface area contributed by atoms with Gasteiger partial charge in [0.15, 0.2) is 6.10 Å². The van der Waals surface area contributed by atoms with E-state index < -0.39 is 17.3 Å². The molecule has 3 rings (SSSR count). The molecule has 122 valence electrons. The van der Waals surface area contributed by atoms with Gasteiger partial charge in [0.05, 0.1) is 0 Å². The molecule has 0 spiro atoms. The van der Waals surface area contributed by atoms with Gasteiger partial charge < -0.3 is 14.6 Å². The average Bonchev–Trinajstić information content (AvgIpc) is 2.47. The molecule has 2 atom stereocenters. The highest BCUT2D eigenvalue weighted by molar-refractivity contribution is 14.1. The first kappa shape index (κ1) is 16.3. The van der Waals surface area contributed by atoms with Crippen LogP contribution in [0, 0.1) is 3.57 Å². The van der Waals surface area contributed by atoms with Crippen molar-refractivity contribution in [3.05, 3.63) is 49.8 Å². The third-order valence-electron chi connectivity index (χ3n) is 4.24. The van der Waals surface area contributed by atoms with Crippen LogP contribution in [0.4, 0.5) is 0 Å². The molecule has 0 radical (unpaired) electrons. The van der Waals surface area contributed by atoms with Crippen molar-refractivity contribution < 1.29 is 14.6 Å². The molecular formula is C16H17IN2O4. The second kappa shape index (κ2) is 5.48. The summed E-state index contributed by atoms with van der Waals surface area (Å²) < 4.78 is 12.9. The fourth-order valence-electron chi connectivity index (χ4n) is 2.51. The van der Waals surface area contributed by atoms with Crippen molar-refractivity contribution in [1.82, 2.24) is 10.2 Å². The van der Waals surface area contributed by atoms with Gasteiger partial charge in [0.1, 0.15) is 17.0 Å². The number of fused-ring (bicyclic) bond motifs is 1. The van der Waals surface area contributed by atoms with Crippen LogP contribution in [0.5, 0.6) is 11.6 Å². The summed E-state index contributed by atoms with van der Waals surface area (Å²) in [7, 11) is 0. The van der Waals surface area contributed by atoms with Crippen molar-refractivity contribution in [2.24, 2.45) is 0 Å². The standard InChI is InChI=1S/C16H17IN2O4/c1-15(2)16(3,21)14(22-13-7-6-12(20)18-19-13)10-8-9(17)4-5-11(10)23-15/h4-8,14,21H,1-3H3,(H,18,20). The summed E-state index contributed by atoms with van der Waals surface area (Å²) in [6, 6.07) is 8.52. The third-order valence-corrected chi connectivity index (χ3v) is 4.91. The van der Waals surface area contributed by atoms with E-state index >= 15 is 0 Å². The van der Waals surface area contributed by atoms with E-state index in [4.69, 9.17) is 9.47 Å². The number of halogens is 1. The quantitative estimate of drug-likeness (QED) is 0.718. The fraction of sp³-hybridized carbons (Fsp3) is 0.375. The lowest BCUT2D eigenvalue weighted by Crippen LogP contribution is -2.59. The van der Waals surface area contributed by atoms with Crippen molar-refractivity contribution in [2.75, 3.05) is 0 Å². The third kappa shape index (κ3) is 2.83. The highest BCUT2D eigenvalue weighted by atomic mass is 127. The predicted octanol–water partition coefficient (Wildman–Crippen LogP) is 2.42. The first-order valence-electron chi connectivity index (χ1n) is 7.14. The first-order chi connectivity index (χ1) is 10.7. The van der Waals surface area contributed by atoms with E-state index in [0.717, 1.165) is 9.13 Å². The smallest absolute Gasteiger partial charge is 0.264 e. The SMILES string of the molecule is CC1(C)Oc2ccc(I)cc2C(Oc2ccc(=O)[nH]n2)C1(C)O. The monoisotopic (exact) mass is 428 g/mol. The summed E-state index contributed by atoms with van der Waals surface area (Å²) in [5.41, 5.74) is -1.73. The molecule has 1 aliphatic rings. The minimum absolute atomic E-state index is 0.234. The van der Waals surface area contributed by atoms with Crippen molar-refractivity contribution in [3.63, 3.8) is 0 Å². The van der Waals surface area contributed by atoms with Gasteiger partial charge in [0.2, 0.25) is 5.88 Å². The van der Waals surface area contributed by atoms with Gasteiger partial charge in [-0.2, -0.15) is 0 Å². The van der Waals surface area contributed by atoms with E-state index in [1.165, 1.54) is 12.1 Å². The van der Waals surface area contributed by atoms with Crippen LogP contribution >= 0.6 is 22.6 Å². The lowest BCUT2D eigenvalue weighted by atomic mass is 9.77. The molecule has 2 heterocycles. The summed E-state index contributed by atoms with van der Waals surface area (Å²) in [4.78, 5) is 11.1. The van der Waals surface area contributed by atoms with Crippen LogP contribution < -0.4 is 15.0 Å². The maximum atomic E-state index is 11.1. The van der Waals surface area contributed by atoms with Crippen molar-refractivity contribution >= 4 is 22.6 Å². The molecule has 6 nitrogen and oxygen atoms in total. The zero-order valence-electron chi connectivity index (χ0n) is 13.0. The molecule has 0 saturated carbocycles. The topological polar surface area (TPSA) is 84.4 Å². The highest BCUT2D eigenvalue weighted by Crippen LogP contribution is 2.48. The highest BCUT2D eigenvalue weighted by Gasteiger charge is 2.54. The van der Waals surface area contributed by atoms with Gasteiger partial charge in [-0.3, -0.25) is 4.79 Å². The summed E-state index contributed by atoms with van der Waals surface area (Å²) in [6.07, 6.45) is -0.686. The number of aromatic nitrogens is 2. The molecule has 1 aromatic heterocycles. The number of benzene rings is 1. The molecule has 2 aromatic rings. The van der Waals surface area contributed by atoms with Gasteiger partial charge in [-0.15, -0.1) is 5.10 Å². The van der Waals surface area contributed by atoms with E-state index in [9.17, 15) is 9.90 Å². The summed E-state index contributed by atoms with van der Waals surface area (Å²) in [5.74, 6) is 0.897. The van der Waals surface area contributed by atoms with Crippen LogP contribution in [0.3, 0.4) is 0 Å². The number of aromatic amines is 1. The largest absolute Gasteiger partial charge is 0.484 e. The Kier molecular flexibility index (Phi) is 3.88. The first-order valence-corrected chi connectivity index (χ1v) is 8.22. The maximum absolute atomic E-state index is 11.1. The minimum atomic E-state index is -1.30. The van der Waals surface area contributed by atoms with Crippen LogP contribution in [0.1, 0.15) is 32.4 Å². The van der Waals surface area contributed by atoms with Crippen molar-refractivity contribution in [1.29, 1.82) is 0 Å². The zero-order chi connectivity index (χ0) is 16.8. The van der Waals surface area contributed by atoms with E-state index in [0.29, 0.717) is 5.75 Å². The number of hydrogen-bond donors (Lipinski definition) is 2. The molecule has 2 N–H and O–H groups in total. The minimum Gasteiger partial charge on any atom is -0.484 e. The summed E-state index contributed by atoms with van der Waals surface area (Å²) in [5, 5.41) is 17.3. The zero-order valence-corrected chi connectivity index (χ0v) is 15.1. The number of nitrogens with one attached hydrogen (secondary N) is 1. The molecule has 1 aromatic carbocycles. The van der Waals surface area contributed by atoms with Crippen LogP contribution in [0.25, 0.3) is 0 Å². The van der Waals surface area contributed by atoms with E-state index in [1.807, 2.05) is 32.0 Å².